The van der Waals surface area contributed by atoms with E-state index in [9.17, 15) is 0 Å². The Morgan fingerprint density at radius 3 is 1.86 bits per heavy atom. The van der Waals surface area contributed by atoms with Gasteiger partial charge in [0.2, 0.25) is 5.28 Å². The first-order valence-electron chi connectivity index (χ1n) is 9.06. The minimum atomic E-state index is 0.246. The number of rotatable bonds is 3. The average Bonchev–Trinajstić information content (AvgIpc) is 3.14. The van der Waals surface area contributed by atoms with E-state index in [1.54, 1.807) is 0 Å². The van der Waals surface area contributed by atoms with Crippen LogP contribution in [0.3, 0.4) is 0 Å². The molecule has 3 nitrogen and oxygen atoms in total. The fraction of sp³-hybridized carbons (Fsp3) is 0. The van der Waals surface area contributed by atoms with Crippen LogP contribution in [0.1, 0.15) is 0 Å². The monoisotopic (exact) mass is 381 g/mol. The van der Waals surface area contributed by atoms with Gasteiger partial charge in [0.1, 0.15) is 0 Å². The molecular formula is C24H16ClN3. The van der Waals surface area contributed by atoms with Gasteiger partial charge < -0.3 is 4.57 Å². The average molecular weight is 382 g/mol. The van der Waals surface area contributed by atoms with Crippen LogP contribution in [0.2, 0.25) is 5.28 Å². The van der Waals surface area contributed by atoms with Crippen LogP contribution in [-0.2, 0) is 0 Å². The number of hydrogen-bond acceptors (Lipinski definition) is 2. The van der Waals surface area contributed by atoms with Crippen molar-refractivity contribution in [2.45, 2.75) is 0 Å². The Morgan fingerprint density at radius 2 is 1.21 bits per heavy atom. The largest absolute Gasteiger partial charge is 0.306 e. The van der Waals surface area contributed by atoms with Crippen molar-refractivity contribution in [3.8, 4) is 28.2 Å². The second-order valence-electron chi connectivity index (χ2n) is 6.51. The zero-order valence-corrected chi connectivity index (χ0v) is 15.7. The third-order valence-corrected chi connectivity index (χ3v) is 4.92. The summed E-state index contributed by atoms with van der Waals surface area (Å²) in [6, 6.07) is 32.8. The molecular weight excluding hydrogens is 366 g/mol. The highest BCUT2D eigenvalue weighted by molar-refractivity contribution is 6.29. The third-order valence-electron chi connectivity index (χ3n) is 4.75. The van der Waals surface area contributed by atoms with Gasteiger partial charge in [-0.2, -0.15) is 0 Å². The molecule has 28 heavy (non-hydrogen) atoms. The number of aromatic nitrogens is 3. The van der Waals surface area contributed by atoms with E-state index in [-0.39, 0.29) is 5.28 Å². The molecule has 0 aliphatic heterocycles. The van der Waals surface area contributed by atoms with Crippen LogP contribution in [0.5, 0.6) is 0 Å². The van der Waals surface area contributed by atoms with Gasteiger partial charge in [-0.1, -0.05) is 78.9 Å². The molecule has 0 fully saturated rings. The lowest BCUT2D eigenvalue weighted by atomic mass is 10.1. The molecule has 4 heteroatoms. The van der Waals surface area contributed by atoms with E-state index in [2.05, 4.69) is 44.9 Å². The molecule has 0 unspecified atom stereocenters. The first-order valence-corrected chi connectivity index (χ1v) is 9.44. The molecule has 134 valence electrons. The van der Waals surface area contributed by atoms with Crippen molar-refractivity contribution < 1.29 is 0 Å². The van der Waals surface area contributed by atoms with Gasteiger partial charge in [0, 0.05) is 11.3 Å². The van der Waals surface area contributed by atoms with E-state index >= 15 is 0 Å². The standard InChI is InChI=1S/C24H16ClN3/c25-24-26-20-16-21(17-10-4-1-5-11-17)28(19-14-8-3-9-15-19)23(20)22(27-24)18-12-6-2-7-13-18/h1-16H. The maximum absolute atomic E-state index is 6.30. The quantitative estimate of drug-likeness (QED) is 0.338. The summed E-state index contributed by atoms with van der Waals surface area (Å²) in [5.74, 6) is 0. The van der Waals surface area contributed by atoms with Crippen molar-refractivity contribution >= 4 is 22.6 Å². The summed E-state index contributed by atoms with van der Waals surface area (Å²) in [7, 11) is 0. The Bertz CT molecular complexity index is 1250. The molecule has 0 amide bonds. The minimum Gasteiger partial charge on any atom is -0.306 e. The van der Waals surface area contributed by atoms with E-state index in [1.165, 1.54) is 0 Å². The van der Waals surface area contributed by atoms with E-state index in [4.69, 9.17) is 11.6 Å². The minimum absolute atomic E-state index is 0.246. The first-order chi connectivity index (χ1) is 13.8. The molecule has 0 bridgehead atoms. The highest BCUT2D eigenvalue weighted by Crippen LogP contribution is 2.36. The number of halogens is 1. The van der Waals surface area contributed by atoms with Gasteiger partial charge >= 0.3 is 0 Å². The van der Waals surface area contributed by atoms with Crippen molar-refractivity contribution in [2.24, 2.45) is 0 Å². The maximum Gasteiger partial charge on any atom is 0.223 e. The van der Waals surface area contributed by atoms with Gasteiger partial charge in [0.05, 0.1) is 22.4 Å². The second-order valence-corrected chi connectivity index (χ2v) is 6.85. The van der Waals surface area contributed by atoms with Crippen molar-refractivity contribution in [1.29, 1.82) is 0 Å². The van der Waals surface area contributed by atoms with Crippen LogP contribution in [0.25, 0.3) is 39.2 Å². The zero-order chi connectivity index (χ0) is 18.9. The van der Waals surface area contributed by atoms with Gasteiger partial charge in [-0.15, -0.1) is 0 Å². The topological polar surface area (TPSA) is 30.7 Å². The molecule has 0 aliphatic rings. The van der Waals surface area contributed by atoms with E-state index in [1.807, 2.05) is 66.7 Å². The molecule has 0 saturated heterocycles. The molecule has 0 spiro atoms. The van der Waals surface area contributed by atoms with Crippen LogP contribution in [0.15, 0.2) is 97.1 Å². The molecule has 0 aliphatic carbocycles. The Labute approximate surface area is 167 Å². The Kier molecular flexibility index (Phi) is 4.15. The van der Waals surface area contributed by atoms with Crippen molar-refractivity contribution in [1.82, 2.24) is 14.5 Å². The molecule has 2 heterocycles. The lowest BCUT2D eigenvalue weighted by molar-refractivity contribution is 1.12. The highest BCUT2D eigenvalue weighted by atomic mass is 35.5. The number of fused-ring (bicyclic) bond motifs is 1. The summed E-state index contributed by atoms with van der Waals surface area (Å²) in [4.78, 5) is 9.13. The molecule has 5 aromatic rings. The fourth-order valence-electron chi connectivity index (χ4n) is 3.54. The molecule has 2 aromatic heterocycles. The van der Waals surface area contributed by atoms with Gasteiger partial charge in [0.25, 0.3) is 0 Å². The fourth-order valence-corrected chi connectivity index (χ4v) is 3.72. The Balaban J connectivity index is 1.92. The highest BCUT2D eigenvalue weighted by Gasteiger charge is 2.19. The van der Waals surface area contributed by atoms with Crippen molar-refractivity contribution in [2.75, 3.05) is 0 Å². The van der Waals surface area contributed by atoms with Crippen LogP contribution in [0.4, 0.5) is 0 Å². The van der Waals surface area contributed by atoms with Crippen LogP contribution in [-0.4, -0.2) is 14.5 Å². The third kappa shape index (κ3) is 2.86. The van der Waals surface area contributed by atoms with Gasteiger partial charge in [0.15, 0.2) is 0 Å². The van der Waals surface area contributed by atoms with Gasteiger partial charge in [-0.3, -0.25) is 0 Å². The number of benzene rings is 3. The SMILES string of the molecule is Clc1nc(-c2ccccc2)c2c(cc(-c3ccccc3)n2-c2ccccc2)n1. The van der Waals surface area contributed by atoms with E-state index in [0.29, 0.717) is 0 Å². The number of nitrogens with zero attached hydrogens (tertiary/aromatic N) is 3. The molecule has 0 saturated carbocycles. The Morgan fingerprint density at radius 1 is 0.643 bits per heavy atom. The molecule has 0 N–H and O–H groups in total. The molecule has 0 atom stereocenters. The van der Waals surface area contributed by atoms with Crippen LogP contribution >= 0.6 is 11.6 Å². The summed E-state index contributed by atoms with van der Waals surface area (Å²) in [6.45, 7) is 0. The predicted molar refractivity (Wildman–Crippen MR) is 115 cm³/mol. The predicted octanol–water partition coefficient (Wildman–Crippen LogP) is 6.41. The summed E-state index contributed by atoms with van der Waals surface area (Å²) in [6.07, 6.45) is 0. The second kappa shape index (κ2) is 6.95. The number of para-hydroxylation sites is 1. The lowest BCUT2D eigenvalue weighted by Gasteiger charge is -2.13. The summed E-state index contributed by atoms with van der Waals surface area (Å²) in [5, 5.41) is 0.246. The van der Waals surface area contributed by atoms with Crippen LogP contribution in [0, 0.1) is 0 Å². The summed E-state index contributed by atoms with van der Waals surface area (Å²) in [5.41, 5.74) is 6.81. The van der Waals surface area contributed by atoms with E-state index in [0.717, 1.165) is 39.2 Å². The zero-order valence-electron chi connectivity index (χ0n) is 15.0. The molecule has 0 radical (unpaired) electrons. The first kappa shape index (κ1) is 16.7. The lowest BCUT2D eigenvalue weighted by Crippen LogP contribution is -2.00. The normalized spacial score (nSPS) is 11.0. The molecule has 5 rings (SSSR count). The van der Waals surface area contributed by atoms with Crippen molar-refractivity contribution in [3.05, 3.63) is 102 Å². The maximum atomic E-state index is 6.30. The smallest absolute Gasteiger partial charge is 0.223 e. The van der Waals surface area contributed by atoms with Crippen LogP contribution < -0.4 is 0 Å². The Hall–Kier alpha value is -3.43. The van der Waals surface area contributed by atoms with Gasteiger partial charge in [-0.25, -0.2) is 9.97 Å². The number of hydrogen-bond donors (Lipinski definition) is 0. The van der Waals surface area contributed by atoms with Crippen molar-refractivity contribution in [3.63, 3.8) is 0 Å². The summed E-state index contributed by atoms with van der Waals surface area (Å²) < 4.78 is 2.21. The molecule has 3 aromatic carbocycles. The van der Waals surface area contributed by atoms with Gasteiger partial charge in [-0.05, 0) is 35.4 Å². The summed E-state index contributed by atoms with van der Waals surface area (Å²) >= 11 is 6.30. The van der Waals surface area contributed by atoms with E-state index < -0.39 is 0 Å².